The Morgan fingerprint density at radius 1 is 1.25 bits per heavy atom. The van der Waals surface area contributed by atoms with E-state index in [1.54, 1.807) is 24.4 Å². The van der Waals surface area contributed by atoms with E-state index >= 15 is 0 Å². The van der Waals surface area contributed by atoms with Crippen LogP contribution in [0.2, 0.25) is 0 Å². The van der Waals surface area contributed by atoms with Gasteiger partial charge in [0.05, 0.1) is 11.4 Å². The average Bonchev–Trinajstić information content (AvgIpc) is 3.37. The Labute approximate surface area is 185 Å². The van der Waals surface area contributed by atoms with E-state index in [2.05, 4.69) is 25.0 Å². The minimum absolute atomic E-state index is 0.136. The van der Waals surface area contributed by atoms with E-state index in [-0.39, 0.29) is 5.75 Å². The minimum Gasteiger partial charge on any atom is -0.453 e. The summed E-state index contributed by atoms with van der Waals surface area (Å²) in [6, 6.07) is 6.02. The van der Waals surface area contributed by atoms with Gasteiger partial charge in [-0.1, -0.05) is 11.2 Å². The van der Waals surface area contributed by atoms with Crippen molar-refractivity contribution in [2.75, 3.05) is 20.6 Å². The summed E-state index contributed by atoms with van der Waals surface area (Å²) in [5.41, 5.74) is 8.62. The van der Waals surface area contributed by atoms with Gasteiger partial charge in [0.1, 0.15) is 11.4 Å². The number of H-pyrrole nitrogens is 1. The third-order valence-electron chi connectivity index (χ3n) is 5.21. The Morgan fingerprint density at radius 3 is 2.88 bits per heavy atom. The molecule has 168 valence electrons. The van der Waals surface area contributed by atoms with Crippen LogP contribution < -0.4 is 10.5 Å². The fourth-order valence-corrected chi connectivity index (χ4v) is 3.56. The maximum Gasteiger partial charge on any atom is 0.243 e. The molecule has 0 aliphatic carbocycles. The molecular weight excluding hydrogens is 411 g/mol. The molecule has 9 heteroatoms. The number of aromatic nitrogens is 4. The summed E-state index contributed by atoms with van der Waals surface area (Å²) < 4.78 is 25.9. The summed E-state index contributed by atoms with van der Waals surface area (Å²) in [5.74, 6) is 1.20. The Morgan fingerprint density at radius 2 is 2.09 bits per heavy atom. The number of hydrogen-bond acceptors (Lipinski definition) is 7. The number of benzene rings is 1. The molecule has 1 aromatic carbocycles. The Hall–Kier alpha value is -3.30. The second kappa shape index (κ2) is 9.46. The fraction of sp³-hybridized carbons (Fsp3) is 0.348. The zero-order valence-corrected chi connectivity index (χ0v) is 18.4. The van der Waals surface area contributed by atoms with E-state index in [0.717, 1.165) is 30.3 Å². The molecule has 0 radical (unpaired) electrons. The van der Waals surface area contributed by atoms with Crippen molar-refractivity contribution in [2.24, 2.45) is 5.73 Å². The number of aromatic amines is 1. The third kappa shape index (κ3) is 4.95. The highest BCUT2D eigenvalue weighted by molar-refractivity contribution is 5.86. The van der Waals surface area contributed by atoms with E-state index in [4.69, 9.17) is 15.0 Å². The number of pyridine rings is 1. The smallest absolute Gasteiger partial charge is 0.243 e. The van der Waals surface area contributed by atoms with Gasteiger partial charge < -0.3 is 24.9 Å². The summed E-state index contributed by atoms with van der Waals surface area (Å²) in [5, 5.41) is 4.82. The second-order valence-corrected chi connectivity index (χ2v) is 8.14. The molecule has 0 unspecified atom stereocenters. The monoisotopic (exact) mass is 438 g/mol. The van der Waals surface area contributed by atoms with Crippen molar-refractivity contribution in [3.63, 3.8) is 0 Å². The van der Waals surface area contributed by atoms with Crippen LogP contribution in [0.4, 0.5) is 4.39 Å². The Balaban J connectivity index is 1.42. The van der Waals surface area contributed by atoms with Crippen molar-refractivity contribution in [3.8, 4) is 11.5 Å². The number of nitrogens with one attached hydrogen (secondary N) is 1. The number of nitrogens with zero attached hydrogens (tertiary/aromatic N) is 4. The molecule has 4 rings (SSSR count). The maximum absolute atomic E-state index is 14.8. The molecule has 8 nitrogen and oxygen atoms in total. The first-order valence-corrected chi connectivity index (χ1v) is 10.5. The summed E-state index contributed by atoms with van der Waals surface area (Å²) >= 11 is 0. The number of rotatable bonds is 9. The van der Waals surface area contributed by atoms with Crippen LogP contribution in [0.25, 0.3) is 11.0 Å². The molecule has 0 saturated heterocycles. The number of ether oxygens (including phenoxy) is 1. The highest BCUT2D eigenvalue weighted by Crippen LogP contribution is 2.32. The quantitative estimate of drug-likeness (QED) is 0.408. The molecule has 0 spiro atoms. The molecular formula is C23H27FN6O2. The van der Waals surface area contributed by atoms with Crippen molar-refractivity contribution >= 4 is 11.0 Å². The summed E-state index contributed by atoms with van der Waals surface area (Å²) in [6.45, 7) is 2.89. The lowest BCUT2D eigenvalue weighted by Gasteiger charge is -2.11. The van der Waals surface area contributed by atoms with Crippen LogP contribution in [0.15, 0.2) is 41.2 Å². The molecule has 0 saturated carbocycles. The Kier molecular flexibility index (Phi) is 6.48. The predicted molar refractivity (Wildman–Crippen MR) is 119 cm³/mol. The lowest BCUT2D eigenvalue weighted by Crippen LogP contribution is -2.15. The van der Waals surface area contributed by atoms with Crippen molar-refractivity contribution in [3.05, 3.63) is 65.3 Å². The number of halogens is 1. The first-order chi connectivity index (χ1) is 15.4. The Bertz CT molecular complexity index is 1200. The summed E-state index contributed by atoms with van der Waals surface area (Å²) in [7, 11) is 4.04. The first-order valence-electron chi connectivity index (χ1n) is 10.5. The van der Waals surface area contributed by atoms with Gasteiger partial charge in [0, 0.05) is 18.8 Å². The van der Waals surface area contributed by atoms with E-state index in [0.29, 0.717) is 35.1 Å². The van der Waals surface area contributed by atoms with Gasteiger partial charge in [0.15, 0.2) is 17.4 Å². The van der Waals surface area contributed by atoms with Gasteiger partial charge in [-0.2, -0.15) is 4.98 Å². The van der Waals surface area contributed by atoms with Gasteiger partial charge in [-0.05, 0) is 69.7 Å². The number of nitrogens with two attached hydrogens (primary N) is 1. The molecule has 1 atom stereocenters. The maximum atomic E-state index is 14.8. The van der Waals surface area contributed by atoms with Crippen molar-refractivity contribution in [2.45, 2.75) is 32.2 Å². The molecule has 4 aromatic rings. The van der Waals surface area contributed by atoms with E-state index in [9.17, 15) is 4.39 Å². The molecule has 3 aromatic heterocycles. The highest BCUT2D eigenvalue weighted by Gasteiger charge is 2.17. The van der Waals surface area contributed by atoms with Gasteiger partial charge in [0.25, 0.3) is 0 Å². The van der Waals surface area contributed by atoms with Crippen LogP contribution in [-0.2, 0) is 12.8 Å². The van der Waals surface area contributed by atoms with E-state index in [1.807, 2.05) is 27.2 Å². The van der Waals surface area contributed by atoms with Gasteiger partial charge in [-0.15, -0.1) is 0 Å². The van der Waals surface area contributed by atoms with Crippen LogP contribution in [0.5, 0.6) is 11.5 Å². The van der Waals surface area contributed by atoms with Gasteiger partial charge >= 0.3 is 0 Å². The molecule has 0 aliphatic heterocycles. The number of aryl methyl sites for hydroxylation is 2. The molecule has 0 aliphatic rings. The van der Waals surface area contributed by atoms with Gasteiger partial charge in [-0.25, -0.2) is 9.37 Å². The van der Waals surface area contributed by atoms with Crippen LogP contribution in [0, 0.1) is 12.7 Å². The minimum atomic E-state index is -0.515. The lowest BCUT2D eigenvalue weighted by atomic mass is 10.1. The topological polar surface area (TPSA) is 106 Å². The second-order valence-electron chi connectivity index (χ2n) is 8.14. The normalized spacial score (nSPS) is 12.6. The van der Waals surface area contributed by atoms with Gasteiger partial charge in [-0.3, -0.25) is 0 Å². The van der Waals surface area contributed by atoms with Crippen LogP contribution >= 0.6 is 0 Å². The van der Waals surface area contributed by atoms with Crippen molar-refractivity contribution in [1.82, 2.24) is 25.0 Å². The van der Waals surface area contributed by atoms with Crippen LogP contribution in [-0.4, -0.2) is 45.6 Å². The number of hydrogen-bond donors (Lipinski definition) is 2. The largest absolute Gasteiger partial charge is 0.453 e. The SMILES string of the molecule is Cc1c[nH]c2nccc(Oc3ccc(C[C@H](N)c4nc(CCCN(C)C)no4)cc3F)c12. The molecule has 32 heavy (non-hydrogen) atoms. The summed E-state index contributed by atoms with van der Waals surface area (Å²) in [6.07, 6.45) is 5.49. The van der Waals surface area contributed by atoms with E-state index in [1.165, 1.54) is 6.07 Å². The number of fused-ring (bicyclic) bond motifs is 1. The zero-order valence-electron chi connectivity index (χ0n) is 18.4. The third-order valence-corrected chi connectivity index (χ3v) is 5.21. The van der Waals surface area contributed by atoms with Crippen molar-refractivity contribution < 1.29 is 13.7 Å². The fourth-order valence-electron chi connectivity index (χ4n) is 3.56. The zero-order chi connectivity index (χ0) is 22.7. The molecule has 3 N–H and O–H groups in total. The molecule has 0 fully saturated rings. The van der Waals surface area contributed by atoms with Crippen molar-refractivity contribution in [1.29, 1.82) is 0 Å². The molecule has 0 bridgehead atoms. The first kappa shape index (κ1) is 21.9. The lowest BCUT2D eigenvalue weighted by molar-refractivity contribution is 0.348. The predicted octanol–water partition coefficient (Wildman–Crippen LogP) is 3.92. The van der Waals surface area contributed by atoms with E-state index < -0.39 is 11.9 Å². The highest BCUT2D eigenvalue weighted by atomic mass is 19.1. The average molecular weight is 439 g/mol. The van der Waals surface area contributed by atoms with Crippen LogP contribution in [0.1, 0.15) is 35.3 Å². The van der Waals surface area contributed by atoms with Gasteiger partial charge in [0.2, 0.25) is 5.89 Å². The summed E-state index contributed by atoms with van der Waals surface area (Å²) in [4.78, 5) is 13.8. The molecule has 3 heterocycles. The van der Waals surface area contributed by atoms with Crippen LogP contribution in [0.3, 0.4) is 0 Å². The standard InChI is InChI=1S/C23H27FN6O2/c1-14-13-27-22-21(14)19(8-9-26-22)31-18-7-6-15(11-16(18)24)12-17(25)23-28-20(29-32-23)5-4-10-30(2)3/h6-9,11,13,17H,4-5,10,12,25H2,1-3H3,(H,26,27)/t17-/m0/s1. The molecule has 0 amide bonds.